The molecule has 6 aliphatic heterocycles. The molecule has 4 unspecified atom stereocenters. The van der Waals surface area contributed by atoms with Crippen molar-refractivity contribution in [1.29, 1.82) is 0 Å². The van der Waals surface area contributed by atoms with Crippen molar-refractivity contribution in [1.82, 2.24) is 20.3 Å². The van der Waals surface area contributed by atoms with Crippen LogP contribution in [0.5, 0.6) is 0 Å². The number of fused-ring (bicyclic) bond motifs is 2. The lowest BCUT2D eigenvalue weighted by molar-refractivity contribution is -0.234. The Morgan fingerprint density at radius 1 is 0.875 bits per heavy atom. The first-order valence-corrected chi connectivity index (χ1v) is 6.93. The van der Waals surface area contributed by atoms with Crippen LogP contribution in [0, 0.1) is 11.3 Å². The molecular weight excluding hydrogens is 200 g/mol. The molecule has 2 saturated carbocycles. The fourth-order valence-corrected chi connectivity index (χ4v) is 6.53. The van der Waals surface area contributed by atoms with Gasteiger partial charge in [0.1, 0.15) is 0 Å². The first kappa shape index (κ1) is 8.03. The van der Waals surface area contributed by atoms with Crippen LogP contribution in [0.1, 0.15) is 32.6 Å². The van der Waals surface area contributed by atoms with Crippen molar-refractivity contribution >= 4 is 0 Å². The second-order valence-electron chi connectivity index (χ2n) is 6.87. The highest BCUT2D eigenvalue weighted by Crippen LogP contribution is 2.69. The highest BCUT2D eigenvalue weighted by atomic mass is 16.1. The molecule has 0 aromatic carbocycles. The van der Waals surface area contributed by atoms with Gasteiger partial charge in [-0.15, -0.1) is 0 Å². The van der Waals surface area contributed by atoms with Crippen molar-refractivity contribution in [2.24, 2.45) is 11.3 Å². The van der Waals surface area contributed by atoms with E-state index >= 15 is 0 Å². The van der Waals surface area contributed by atoms with Gasteiger partial charge >= 0.3 is 0 Å². The summed E-state index contributed by atoms with van der Waals surface area (Å²) in [6.07, 6.45) is 5.82. The lowest BCUT2D eigenvalue weighted by Gasteiger charge is -2.67. The standard InChI is InChI=1S/C12H18N4/c1-12-9-4-2-7-11(12)8-3-5-10(12)14-6-13(9)15(7)16(8)14/h7-11H,2-6H2,1H3. The summed E-state index contributed by atoms with van der Waals surface area (Å²) in [4.78, 5) is 0. The summed E-state index contributed by atoms with van der Waals surface area (Å²) < 4.78 is 0. The Hall–Kier alpha value is -0.160. The second kappa shape index (κ2) is 1.99. The Morgan fingerprint density at radius 2 is 1.44 bits per heavy atom. The predicted molar refractivity (Wildman–Crippen MR) is 57.4 cm³/mol. The van der Waals surface area contributed by atoms with Crippen LogP contribution in [0.3, 0.4) is 0 Å². The molecule has 0 radical (unpaired) electrons. The van der Waals surface area contributed by atoms with E-state index < -0.39 is 0 Å². The predicted octanol–water partition coefficient (Wildman–Crippen LogP) is 0.636. The minimum Gasteiger partial charge on any atom is -0.207 e. The van der Waals surface area contributed by atoms with E-state index in [2.05, 4.69) is 27.2 Å². The molecule has 6 heterocycles. The van der Waals surface area contributed by atoms with Gasteiger partial charge in [-0.25, -0.2) is 10.0 Å². The molecule has 4 heteroatoms. The summed E-state index contributed by atoms with van der Waals surface area (Å²) in [6.45, 7) is 3.81. The first-order valence-electron chi connectivity index (χ1n) is 6.93. The normalized spacial score (nSPS) is 66.9. The summed E-state index contributed by atoms with van der Waals surface area (Å²) in [5, 5.41) is 10.7. The molecule has 0 N–H and O–H groups in total. The van der Waals surface area contributed by atoms with Gasteiger partial charge < -0.3 is 0 Å². The molecule has 86 valence electrons. The Bertz CT molecular complexity index is 378. The van der Waals surface area contributed by atoms with Gasteiger partial charge in [-0.05, 0) is 25.7 Å². The number of rotatable bonds is 0. The average molecular weight is 218 g/mol. The highest BCUT2D eigenvalue weighted by Gasteiger charge is 2.79. The van der Waals surface area contributed by atoms with Gasteiger partial charge in [0, 0.05) is 35.5 Å². The molecule has 2 aliphatic carbocycles. The molecule has 0 aromatic heterocycles. The molecule has 7 bridgehead atoms. The zero-order chi connectivity index (χ0) is 10.2. The first-order chi connectivity index (χ1) is 7.82. The van der Waals surface area contributed by atoms with Crippen molar-refractivity contribution in [3.63, 3.8) is 0 Å². The van der Waals surface area contributed by atoms with E-state index in [1.807, 2.05) is 0 Å². The Morgan fingerprint density at radius 3 is 2.00 bits per heavy atom. The lowest BCUT2D eigenvalue weighted by atomic mass is 9.50. The third kappa shape index (κ3) is 0.496. The topological polar surface area (TPSA) is 13.0 Å². The van der Waals surface area contributed by atoms with Crippen LogP contribution < -0.4 is 0 Å². The smallest absolute Gasteiger partial charge is 0.0821 e. The Labute approximate surface area is 95.7 Å². The van der Waals surface area contributed by atoms with E-state index in [4.69, 9.17) is 0 Å². The fraction of sp³-hybridized carbons (Fsp3) is 1.00. The van der Waals surface area contributed by atoms with Crippen molar-refractivity contribution in [3.05, 3.63) is 0 Å². The summed E-state index contributed by atoms with van der Waals surface area (Å²) >= 11 is 0. The van der Waals surface area contributed by atoms with Crippen LogP contribution in [0.2, 0.25) is 0 Å². The largest absolute Gasteiger partial charge is 0.207 e. The van der Waals surface area contributed by atoms with Crippen molar-refractivity contribution in [2.45, 2.75) is 56.8 Å². The molecule has 0 spiro atoms. The van der Waals surface area contributed by atoms with Gasteiger partial charge in [0.25, 0.3) is 0 Å². The Balaban J connectivity index is 1.73. The monoisotopic (exact) mass is 218 g/mol. The van der Waals surface area contributed by atoms with Crippen LogP contribution in [0.4, 0.5) is 0 Å². The van der Waals surface area contributed by atoms with E-state index in [1.54, 1.807) is 0 Å². The van der Waals surface area contributed by atoms with E-state index in [9.17, 15) is 0 Å². The van der Waals surface area contributed by atoms with Gasteiger partial charge in [-0.3, -0.25) is 0 Å². The van der Waals surface area contributed by atoms with Gasteiger partial charge in [-0.2, -0.15) is 10.2 Å². The van der Waals surface area contributed by atoms with Gasteiger partial charge in [-0.1, -0.05) is 6.92 Å². The summed E-state index contributed by atoms with van der Waals surface area (Å²) in [5.74, 6) is 0.984. The molecule has 6 saturated heterocycles. The average Bonchev–Trinajstić information content (AvgIpc) is 2.81. The van der Waals surface area contributed by atoms with Crippen molar-refractivity contribution < 1.29 is 0 Å². The molecule has 0 aromatic rings. The van der Waals surface area contributed by atoms with E-state index in [-0.39, 0.29) is 0 Å². The van der Waals surface area contributed by atoms with Crippen molar-refractivity contribution in [2.75, 3.05) is 6.67 Å². The minimum atomic E-state index is 0.619. The van der Waals surface area contributed by atoms with Gasteiger partial charge in [0.15, 0.2) is 0 Å². The van der Waals surface area contributed by atoms with E-state index in [0.717, 1.165) is 30.1 Å². The van der Waals surface area contributed by atoms with Crippen LogP contribution in [0.15, 0.2) is 0 Å². The maximum absolute atomic E-state index is 2.70. The van der Waals surface area contributed by atoms with Crippen LogP contribution >= 0.6 is 0 Å². The van der Waals surface area contributed by atoms with Gasteiger partial charge in [0.2, 0.25) is 0 Å². The third-order valence-corrected chi connectivity index (χ3v) is 6.79. The number of hydrogen-bond acceptors (Lipinski definition) is 4. The van der Waals surface area contributed by atoms with E-state index in [0.29, 0.717) is 5.41 Å². The quantitative estimate of drug-likeness (QED) is 0.591. The minimum absolute atomic E-state index is 0.619. The van der Waals surface area contributed by atoms with Gasteiger partial charge in [0.05, 0.1) is 6.67 Å². The van der Waals surface area contributed by atoms with Crippen LogP contribution in [0.25, 0.3) is 0 Å². The maximum Gasteiger partial charge on any atom is 0.0821 e. The molecule has 4 nitrogen and oxygen atoms in total. The number of nitrogens with zero attached hydrogens (tertiary/aromatic N) is 4. The second-order valence-corrected chi connectivity index (χ2v) is 6.87. The maximum atomic E-state index is 2.70. The SMILES string of the molecule is CC12C3C4CCC1N1CN5C2CCC3N5N41. The Kier molecular flexibility index (Phi) is 0.997. The zero-order valence-corrected chi connectivity index (χ0v) is 9.71. The molecular formula is C12H18N4. The molecule has 16 heavy (non-hydrogen) atoms. The van der Waals surface area contributed by atoms with Crippen LogP contribution in [-0.4, -0.2) is 51.1 Å². The van der Waals surface area contributed by atoms with Crippen LogP contribution in [-0.2, 0) is 0 Å². The molecule has 0 amide bonds. The molecule has 8 fully saturated rings. The zero-order valence-electron chi connectivity index (χ0n) is 9.71. The van der Waals surface area contributed by atoms with E-state index in [1.165, 1.54) is 32.4 Å². The lowest BCUT2D eigenvalue weighted by Crippen LogP contribution is -2.77. The summed E-state index contributed by atoms with van der Waals surface area (Å²) in [5.41, 5.74) is 0.619. The number of hydrazine groups is 3. The summed E-state index contributed by atoms with van der Waals surface area (Å²) in [6, 6.07) is 3.43. The molecule has 4 atom stereocenters. The summed E-state index contributed by atoms with van der Waals surface area (Å²) in [7, 11) is 0. The molecule has 8 aliphatic rings. The van der Waals surface area contributed by atoms with Crippen molar-refractivity contribution in [3.8, 4) is 0 Å². The third-order valence-electron chi connectivity index (χ3n) is 6.79. The fourth-order valence-electron chi connectivity index (χ4n) is 6.53. The number of hydrogen-bond donors (Lipinski definition) is 0. The highest BCUT2D eigenvalue weighted by molar-refractivity contribution is 5.24. The molecule has 8 rings (SSSR count).